The SMILES string of the molecule is CC(O)C1CCN(C(=O)C(=O)NCc2ccc(F)cc2)C1. The summed E-state index contributed by atoms with van der Waals surface area (Å²) < 4.78 is 12.8. The van der Waals surface area contributed by atoms with E-state index in [4.69, 9.17) is 0 Å². The molecular weight excluding hydrogens is 275 g/mol. The molecule has 21 heavy (non-hydrogen) atoms. The van der Waals surface area contributed by atoms with Crippen LogP contribution in [0.25, 0.3) is 0 Å². The number of nitrogens with one attached hydrogen (secondary N) is 1. The summed E-state index contributed by atoms with van der Waals surface area (Å²) in [5, 5.41) is 12.0. The van der Waals surface area contributed by atoms with E-state index in [1.54, 1.807) is 19.1 Å². The Morgan fingerprint density at radius 1 is 1.43 bits per heavy atom. The number of hydrogen-bond acceptors (Lipinski definition) is 3. The molecule has 1 aromatic rings. The molecule has 1 saturated heterocycles. The van der Waals surface area contributed by atoms with Crippen LogP contribution >= 0.6 is 0 Å². The lowest BCUT2D eigenvalue weighted by atomic mass is 10.0. The molecule has 1 aromatic carbocycles. The average molecular weight is 294 g/mol. The maximum Gasteiger partial charge on any atom is 0.311 e. The number of halogens is 1. The van der Waals surface area contributed by atoms with Crippen LogP contribution in [-0.4, -0.2) is 41.0 Å². The number of nitrogens with zero attached hydrogens (tertiary/aromatic N) is 1. The zero-order chi connectivity index (χ0) is 15.4. The van der Waals surface area contributed by atoms with Gasteiger partial charge in [-0.05, 0) is 31.0 Å². The Labute approximate surface area is 122 Å². The first-order valence-corrected chi connectivity index (χ1v) is 6.97. The number of hydrogen-bond donors (Lipinski definition) is 2. The molecule has 1 heterocycles. The molecule has 0 aromatic heterocycles. The van der Waals surface area contributed by atoms with Crippen molar-refractivity contribution in [3.05, 3.63) is 35.6 Å². The molecule has 2 amide bonds. The monoisotopic (exact) mass is 294 g/mol. The Balaban J connectivity index is 1.83. The molecule has 2 atom stereocenters. The van der Waals surface area contributed by atoms with Gasteiger partial charge in [-0.1, -0.05) is 12.1 Å². The van der Waals surface area contributed by atoms with Crippen molar-refractivity contribution in [3.8, 4) is 0 Å². The van der Waals surface area contributed by atoms with Crippen LogP contribution in [0.2, 0.25) is 0 Å². The summed E-state index contributed by atoms with van der Waals surface area (Å²) in [6.07, 6.45) is 0.222. The Morgan fingerprint density at radius 2 is 2.10 bits per heavy atom. The minimum Gasteiger partial charge on any atom is -0.393 e. The molecule has 0 spiro atoms. The lowest BCUT2D eigenvalue weighted by Crippen LogP contribution is -2.42. The highest BCUT2D eigenvalue weighted by molar-refractivity contribution is 6.35. The highest BCUT2D eigenvalue weighted by atomic mass is 19.1. The zero-order valence-electron chi connectivity index (χ0n) is 11.9. The van der Waals surface area contributed by atoms with Crippen LogP contribution in [-0.2, 0) is 16.1 Å². The molecule has 0 saturated carbocycles. The number of carbonyl (C=O) groups is 2. The van der Waals surface area contributed by atoms with Crippen LogP contribution in [0, 0.1) is 11.7 Å². The number of likely N-dealkylation sites (tertiary alicyclic amines) is 1. The number of carbonyl (C=O) groups excluding carboxylic acids is 2. The summed E-state index contributed by atoms with van der Waals surface area (Å²) in [6.45, 7) is 2.75. The van der Waals surface area contributed by atoms with E-state index in [0.29, 0.717) is 19.5 Å². The van der Waals surface area contributed by atoms with E-state index in [-0.39, 0.29) is 18.3 Å². The molecule has 0 radical (unpaired) electrons. The van der Waals surface area contributed by atoms with E-state index in [0.717, 1.165) is 5.56 Å². The van der Waals surface area contributed by atoms with E-state index < -0.39 is 17.9 Å². The standard InChI is InChI=1S/C15H19FN2O3/c1-10(19)12-6-7-18(9-12)15(21)14(20)17-8-11-2-4-13(16)5-3-11/h2-5,10,12,19H,6-9H2,1H3,(H,17,20). The maximum absolute atomic E-state index is 12.8. The van der Waals surface area contributed by atoms with Gasteiger partial charge in [-0.3, -0.25) is 9.59 Å². The first kappa shape index (κ1) is 15.4. The predicted octanol–water partition coefficient (Wildman–Crippen LogP) is 0.671. The third-order valence-corrected chi connectivity index (χ3v) is 3.75. The molecule has 114 valence electrons. The minimum atomic E-state index is -0.675. The fourth-order valence-electron chi connectivity index (χ4n) is 2.37. The van der Waals surface area contributed by atoms with Crippen LogP contribution in [0.15, 0.2) is 24.3 Å². The van der Waals surface area contributed by atoms with Gasteiger partial charge in [0.15, 0.2) is 0 Å². The third-order valence-electron chi connectivity index (χ3n) is 3.75. The van der Waals surface area contributed by atoms with Gasteiger partial charge in [-0.2, -0.15) is 0 Å². The molecule has 2 N–H and O–H groups in total. The number of aliphatic hydroxyl groups excluding tert-OH is 1. The molecular formula is C15H19FN2O3. The highest BCUT2D eigenvalue weighted by Crippen LogP contribution is 2.19. The fraction of sp³-hybridized carbons (Fsp3) is 0.467. The van der Waals surface area contributed by atoms with E-state index in [9.17, 15) is 19.1 Å². The summed E-state index contributed by atoms with van der Waals surface area (Å²) in [4.78, 5) is 25.2. The molecule has 2 rings (SSSR count). The Bertz CT molecular complexity index is 516. The van der Waals surface area contributed by atoms with Crippen LogP contribution in [0.4, 0.5) is 4.39 Å². The van der Waals surface area contributed by atoms with Gasteiger partial charge in [0.1, 0.15) is 5.82 Å². The van der Waals surface area contributed by atoms with Gasteiger partial charge in [0, 0.05) is 25.6 Å². The van der Waals surface area contributed by atoms with Crippen LogP contribution in [0.5, 0.6) is 0 Å². The summed E-state index contributed by atoms with van der Waals surface area (Å²) in [7, 11) is 0. The van der Waals surface area contributed by atoms with Crippen molar-refractivity contribution in [3.63, 3.8) is 0 Å². The predicted molar refractivity (Wildman–Crippen MR) is 74.6 cm³/mol. The average Bonchev–Trinajstić information content (AvgIpc) is 2.95. The largest absolute Gasteiger partial charge is 0.393 e. The first-order chi connectivity index (χ1) is 9.97. The second kappa shape index (κ2) is 6.67. The molecule has 0 bridgehead atoms. The van der Waals surface area contributed by atoms with Crippen molar-refractivity contribution in [2.24, 2.45) is 5.92 Å². The van der Waals surface area contributed by atoms with Gasteiger partial charge < -0.3 is 15.3 Å². The molecule has 1 aliphatic heterocycles. The number of rotatable bonds is 3. The second-order valence-corrected chi connectivity index (χ2v) is 5.35. The van der Waals surface area contributed by atoms with Gasteiger partial charge in [0.05, 0.1) is 6.10 Å². The smallest absolute Gasteiger partial charge is 0.311 e. The minimum absolute atomic E-state index is 0.0267. The number of aliphatic hydroxyl groups is 1. The van der Waals surface area contributed by atoms with Crippen LogP contribution in [0.3, 0.4) is 0 Å². The zero-order valence-corrected chi connectivity index (χ0v) is 11.9. The topological polar surface area (TPSA) is 69.6 Å². The Hall–Kier alpha value is -1.95. The van der Waals surface area contributed by atoms with Gasteiger partial charge in [-0.25, -0.2) is 4.39 Å². The summed E-state index contributed by atoms with van der Waals surface area (Å²) >= 11 is 0. The van der Waals surface area contributed by atoms with Gasteiger partial charge >= 0.3 is 11.8 Å². The molecule has 6 heteroatoms. The van der Waals surface area contributed by atoms with Crippen molar-refractivity contribution in [2.45, 2.75) is 26.0 Å². The van der Waals surface area contributed by atoms with Crippen molar-refractivity contribution < 1.29 is 19.1 Å². The molecule has 0 aliphatic carbocycles. The lowest BCUT2D eigenvalue weighted by molar-refractivity contribution is -0.145. The van der Waals surface area contributed by atoms with Crippen molar-refractivity contribution in [2.75, 3.05) is 13.1 Å². The number of benzene rings is 1. The van der Waals surface area contributed by atoms with Crippen molar-refractivity contribution >= 4 is 11.8 Å². The van der Waals surface area contributed by atoms with Crippen LogP contribution < -0.4 is 5.32 Å². The summed E-state index contributed by atoms with van der Waals surface area (Å²) in [5.74, 6) is -1.58. The second-order valence-electron chi connectivity index (χ2n) is 5.35. The van der Waals surface area contributed by atoms with Gasteiger partial charge in [0.25, 0.3) is 0 Å². The first-order valence-electron chi connectivity index (χ1n) is 6.97. The summed E-state index contributed by atoms with van der Waals surface area (Å²) in [6, 6.07) is 5.72. The third kappa shape index (κ3) is 4.01. The van der Waals surface area contributed by atoms with E-state index in [2.05, 4.69) is 5.32 Å². The highest BCUT2D eigenvalue weighted by Gasteiger charge is 2.31. The molecule has 1 fully saturated rings. The number of amides is 2. The summed E-state index contributed by atoms with van der Waals surface area (Å²) in [5.41, 5.74) is 0.723. The lowest BCUT2D eigenvalue weighted by Gasteiger charge is -2.17. The molecule has 1 aliphatic rings. The molecule has 2 unspecified atom stereocenters. The van der Waals surface area contributed by atoms with E-state index >= 15 is 0 Å². The van der Waals surface area contributed by atoms with Gasteiger partial charge in [-0.15, -0.1) is 0 Å². The normalized spacial score (nSPS) is 19.4. The van der Waals surface area contributed by atoms with E-state index in [1.807, 2.05) is 0 Å². The van der Waals surface area contributed by atoms with E-state index in [1.165, 1.54) is 17.0 Å². The van der Waals surface area contributed by atoms with Gasteiger partial charge in [0.2, 0.25) is 0 Å². The maximum atomic E-state index is 12.8. The molecule has 5 nitrogen and oxygen atoms in total. The Morgan fingerprint density at radius 3 is 2.67 bits per heavy atom. The van der Waals surface area contributed by atoms with Crippen molar-refractivity contribution in [1.82, 2.24) is 10.2 Å². The Kier molecular flexibility index (Phi) is 4.90. The van der Waals surface area contributed by atoms with Crippen molar-refractivity contribution in [1.29, 1.82) is 0 Å². The quantitative estimate of drug-likeness (QED) is 0.805. The fourth-order valence-corrected chi connectivity index (χ4v) is 2.37. The van der Waals surface area contributed by atoms with Crippen LogP contribution in [0.1, 0.15) is 18.9 Å².